The zero-order valence-electron chi connectivity index (χ0n) is 22.9. The lowest BCUT2D eigenvalue weighted by Gasteiger charge is -2.39. The summed E-state index contributed by atoms with van der Waals surface area (Å²) >= 11 is 0. The Morgan fingerprint density at radius 3 is 2.67 bits per heavy atom. The molecule has 0 bridgehead atoms. The number of rotatable bonds is 11. The standard InChI is InChI=1S/C28H35F3N6O2/c1-6-39-24-12-23(34-13-22(24)29)17(2)37-16-20(11-25(30)31)26-19(15-35(4)5)9-18(10-21(26)27(37)38)14-36-8-7-33-28(36)32-3/h7-10,12-13,17,20,25H,6,11,14-16H2,1-5H3,(H,32,33). The number of halogens is 3. The van der Waals surface area contributed by atoms with Gasteiger partial charge < -0.3 is 24.4 Å². The number of alkyl halides is 2. The molecule has 0 spiro atoms. The number of ether oxygens (including phenoxy) is 1. The number of hydrogen-bond donors (Lipinski definition) is 1. The molecule has 1 aliphatic heterocycles. The van der Waals surface area contributed by atoms with Crippen molar-refractivity contribution in [2.24, 2.45) is 0 Å². The average Bonchev–Trinajstić information content (AvgIpc) is 3.33. The Hall–Kier alpha value is -3.60. The molecule has 0 saturated carbocycles. The highest BCUT2D eigenvalue weighted by Crippen LogP contribution is 2.39. The molecule has 0 fully saturated rings. The van der Waals surface area contributed by atoms with E-state index in [9.17, 15) is 18.0 Å². The van der Waals surface area contributed by atoms with Gasteiger partial charge in [0.2, 0.25) is 12.4 Å². The molecule has 4 rings (SSSR count). The van der Waals surface area contributed by atoms with Crippen LogP contribution in [0.4, 0.5) is 19.1 Å². The number of nitrogens with zero attached hydrogens (tertiary/aromatic N) is 5. The van der Waals surface area contributed by atoms with Crippen LogP contribution >= 0.6 is 0 Å². The summed E-state index contributed by atoms with van der Waals surface area (Å²) < 4.78 is 49.2. The second kappa shape index (κ2) is 12.1. The van der Waals surface area contributed by atoms with Gasteiger partial charge in [-0.3, -0.25) is 9.78 Å². The first kappa shape index (κ1) is 28.4. The summed E-state index contributed by atoms with van der Waals surface area (Å²) in [6.07, 6.45) is 1.66. The van der Waals surface area contributed by atoms with Crippen LogP contribution in [0, 0.1) is 5.82 Å². The largest absolute Gasteiger partial charge is 0.491 e. The van der Waals surface area contributed by atoms with E-state index in [0.29, 0.717) is 35.9 Å². The van der Waals surface area contributed by atoms with Crippen molar-refractivity contribution in [1.29, 1.82) is 0 Å². The van der Waals surface area contributed by atoms with Crippen LogP contribution < -0.4 is 10.1 Å². The van der Waals surface area contributed by atoms with Crippen LogP contribution in [0.3, 0.4) is 0 Å². The number of nitrogens with one attached hydrogen (secondary N) is 1. The van der Waals surface area contributed by atoms with E-state index in [1.807, 2.05) is 35.8 Å². The fourth-order valence-corrected chi connectivity index (χ4v) is 5.26. The zero-order valence-corrected chi connectivity index (χ0v) is 22.9. The van der Waals surface area contributed by atoms with Gasteiger partial charge in [-0.2, -0.15) is 0 Å². The highest BCUT2D eigenvalue weighted by molar-refractivity contribution is 5.98. The molecule has 3 aromatic rings. The summed E-state index contributed by atoms with van der Waals surface area (Å²) in [6, 6.07) is 4.69. The lowest BCUT2D eigenvalue weighted by Crippen LogP contribution is -2.43. The number of amides is 1. The molecule has 1 aliphatic rings. The van der Waals surface area contributed by atoms with Gasteiger partial charge in [-0.25, -0.2) is 18.2 Å². The number of aromatic nitrogens is 3. The van der Waals surface area contributed by atoms with Crippen LogP contribution in [-0.4, -0.2) is 71.0 Å². The predicted octanol–water partition coefficient (Wildman–Crippen LogP) is 4.92. The van der Waals surface area contributed by atoms with Gasteiger partial charge in [0.1, 0.15) is 0 Å². The van der Waals surface area contributed by atoms with E-state index < -0.39 is 24.2 Å². The van der Waals surface area contributed by atoms with Crippen LogP contribution in [0.1, 0.15) is 65.0 Å². The van der Waals surface area contributed by atoms with E-state index in [4.69, 9.17) is 4.74 Å². The van der Waals surface area contributed by atoms with Crippen LogP contribution in [0.5, 0.6) is 5.75 Å². The maximum Gasteiger partial charge on any atom is 0.254 e. The van der Waals surface area contributed by atoms with Gasteiger partial charge in [-0.05, 0) is 50.7 Å². The second-order valence-electron chi connectivity index (χ2n) is 10.0. The quantitative estimate of drug-likeness (QED) is 0.369. The minimum atomic E-state index is -2.54. The van der Waals surface area contributed by atoms with Crippen molar-refractivity contribution < 1.29 is 22.7 Å². The smallest absolute Gasteiger partial charge is 0.254 e. The molecule has 0 aliphatic carbocycles. The van der Waals surface area contributed by atoms with Crippen molar-refractivity contribution in [2.45, 2.75) is 51.7 Å². The molecule has 2 aromatic heterocycles. The van der Waals surface area contributed by atoms with Gasteiger partial charge >= 0.3 is 0 Å². The molecular weight excluding hydrogens is 509 g/mol. The number of imidazole rings is 1. The third kappa shape index (κ3) is 6.19. The molecule has 2 atom stereocenters. The van der Waals surface area contributed by atoms with Crippen LogP contribution in [0.2, 0.25) is 0 Å². The lowest BCUT2D eigenvalue weighted by atomic mass is 9.81. The van der Waals surface area contributed by atoms with Crippen molar-refractivity contribution >= 4 is 11.9 Å². The van der Waals surface area contributed by atoms with E-state index in [-0.39, 0.29) is 31.2 Å². The molecule has 1 amide bonds. The monoisotopic (exact) mass is 544 g/mol. The minimum absolute atomic E-state index is 0.0413. The summed E-state index contributed by atoms with van der Waals surface area (Å²) in [5.41, 5.74) is 3.21. The Labute approximate surface area is 226 Å². The average molecular weight is 545 g/mol. The highest BCUT2D eigenvalue weighted by atomic mass is 19.3. The topological polar surface area (TPSA) is 75.5 Å². The fourth-order valence-electron chi connectivity index (χ4n) is 5.26. The maximum atomic E-state index is 14.2. The molecule has 3 heterocycles. The van der Waals surface area contributed by atoms with Crippen molar-refractivity contribution in [3.05, 3.63) is 70.6 Å². The summed E-state index contributed by atoms with van der Waals surface area (Å²) in [7, 11) is 5.60. The van der Waals surface area contributed by atoms with Gasteiger partial charge in [0.25, 0.3) is 5.91 Å². The van der Waals surface area contributed by atoms with Gasteiger partial charge in [0.05, 0.1) is 31.1 Å². The van der Waals surface area contributed by atoms with Crippen LogP contribution in [0.25, 0.3) is 0 Å². The second-order valence-corrected chi connectivity index (χ2v) is 10.0. The molecule has 0 saturated heterocycles. The highest BCUT2D eigenvalue weighted by Gasteiger charge is 2.38. The summed E-state index contributed by atoms with van der Waals surface area (Å²) in [5, 5.41) is 3.04. The number of carbonyl (C=O) groups excluding carboxylic acids is 1. The van der Waals surface area contributed by atoms with Gasteiger partial charge in [0, 0.05) is 56.5 Å². The Morgan fingerprint density at radius 2 is 2.00 bits per heavy atom. The molecule has 8 nitrogen and oxygen atoms in total. The van der Waals surface area contributed by atoms with E-state index in [1.165, 1.54) is 6.07 Å². The SMILES string of the molecule is CCOc1cc(C(C)N2CC(CC(F)F)c3c(CN(C)C)cc(Cn4ccnc4NC)cc3C2=O)ncc1F. The first-order valence-electron chi connectivity index (χ1n) is 13.0. The number of carbonyl (C=O) groups is 1. The lowest BCUT2D eigenvalue weighted by molar-refractivity contribution is 0.0591. The third-order valence-electron chi connectivity index (χ3n) is 6.92. The predicted molar refractivity (Wildman–Crippen MR) is 143 cm³/mol. The fraction of sp³-hybridized carbons (Fsp3) is 0.464. The van der Waals surface area contributed by atoms with Gasteiger partial charge in [0.15, 0.2) is 11.6 Å². The minimum Gasteiger partial charge on any atom is -0.491 e. The van der Waals surface area contributed by atoms with Crippen molar-refractivity contribution in [2.75, 3.05) is 39.6 Å². The summed E-state index contributed by atoms with van der Waals surface area (Å²) in [4.78, 5) is 26.0. The Bertz CT molecular complexity index is 1310. The Kier molecular flexibility index (Phi) is 8.79. The van der Waals surface area contributed by atoms with Crippen molar-refractivity contribution in [3.8, 4) is 5.75 Å². The van der Waals surface area contributed by atoms with E-state index in [1.54, 1.807) is 38.1 Å². The van der Waals surface area contributed by atoms with E-state index in [2.05, 4.69) is 15.3 Å². The molecule has 2 unspecified atom stereocenters. The molecule has 0 radical (unpaired) electrons. The first-order chi connectivity index (χ1) is 18.6. The molecule has 11 heteroatoms. The molecule has 39 heavy (non-hydrogen) atoms. The van der Waals surface area contributed by atoms with Crippen molar-refractivity contribution in [3.63, 3.8) is 0 Å². The molecular formula is C28H35F3N6O2. The van der Waals surface area contributed by atoms with E-state index in [0.717, 1.165) is 17.3 Å². The number of fused-ring (bicyclic) bond motifs is 1. The Morgan fingerprint density at radius 1 is 1.23 bits per heavy atom. The Balaban J connectivity index is 1.80. The van der Waals surface area contributed by atoms with E-state index >= 15 is 0 Å². The molecule has 210 valence electrons. The zero-order chi connectivity index (χ0) is 28.3. The van der Waals surface area contributed by atoms with Gasteiger partial charge in [-0.1, -0.05) is 6.07 Å². The maximum absolute atomic E-state index is 14.2. The molecule has 1 aromatic carbocycles. The third-order valence-corrected chi connectivity index (χ3v) is 6.92. The number of anilines is 1. The van der Waals surface area contributed by atoms with Crippen LogP contribution in [-0.2, 0) is 13.1 Å². The first-order valence-corrected chi connectivity index (χ1v) is 13.0. The summed E-state index contributed by atoms with van der Waals surface area (Å²) in [6.45, 7) is 4.83. The summed E-state index contributed by atoms with van der Waals surface area (Å²) in [5.74, 6) is -0.728. The van der Waals surface area contributed by atoms with Gasteiger partial charge in [-0.15, -0.1) is 0 Å². The van der Waals surface area contributed by atoms with Crippen LogP contribution in [0.15, 0.2) is 36.8 Å². The number of hydrogen-bond acceptors (Lipinski definition) is 6. The normalized spacial score (nSPS) is 16.1. The molecule has 1 N–H and O–H groups in total. The van der Waals surface area contributed by atoms with Crippen molar-refractivity contribution in [1.82, 2.24) is 24.3 Å². The number of benzene rings is 1. The number of pyridine rings is 1.